The molecule has 1 unspecified atom stereocenters. The maximum absolute atomic E-state index is 13.8. The van der Waals surface area contributed by atoms with Crippen molar-refractivity contribution in [1.29, 1.82) is 0 Å². The van der Waals surface area contributed by atoms with Gasteiger partial charge in [-0.1, -0.05) is 61.7 Å². The number of ether oxygens (including phenoxy) is 1. The fraction of sp³-hybridized carbons (Fsp3) is 0.517. The van der Waals surface area contributed by atoms with Crippen LogP contribution in [0.15, 0.2) is 54.6 Å². The number of carbonyl (C=O) groups is 2. The Morgan fingerprint density at radius 2 is 1.57 bits per heavy atom. The molecule has 0 N–H and O–H groups in total. The third-order valence-corrected chi connectivity index (χ3v) is 8.10. The Hall–Kier alpha value is -2.86. The van der Waals surface area contributed by atoms with Crippen molar-refractivity contribution in [3.63, 3.8) is 0 Å². The summed E-state index contributed by atoms with van der Waals surface area (Å²) >= 11 is 0. The summed E-state index contributed by atoms with van der Waals surface area (Å²) in [6.45, 7) is 3.62. The van der Waals surface area contributed by atoms with Crippen molar-refractivity contribution in [1.82, 2.24) is 14.7 Å². The van der Waals surface area contributed by atoms with Crippen LogP contribution < -0.4 is 0 Å². The summed E-state index contributed by atoms with van der Waals surface area (Å²) in [5, 5.41) is 0. The van der Waals surface area contributed by atoms with Gasteiger partial charge in [0.05, 0.1) is 18.7 Å². The van der Waals surface area contributed by atoms with Gasteiger partial charge in [-0.2, -0.15) is 0 Å². The van der Waals surface area contributed by atoms with Gasteiger partial charge in [-0.05, 0) is 48.9 Å². The molecule has 1 aliphatic carbocycles. The molecule has 186 valence electrons. The molecule has 2 saturated heterocycles. The molecule has 0 bridgehead atoms. The van der Waals surface area contributed by atoms with Crippen LogP contribution in [0.2, 0.25) is 0 Å². The zero-order valence-electron chi connectivity index (χ0n) is 20.8. The number of carbonyl (C=O) groups excluding carboxylic acids is 2. The molecule has 0 radical (unpaired) electrons. The third kappa shape index (κ3) is 5.22. The number of esters is 1. The molecule has 2 amide bonds. The highest BCUT2D eigenvalue weighted by atomic mass is 16.5. The van der Waals surface area contributed by atoms with Gasteiger partial charge in [0.2, 0.25) is 0 Å². The Kier molecular flexibility index (Phi) is 7.37. The number of methoxy groups -OCH3 is 1. The van der Waals surface area contributed by atoms with Crippen molar-refractivity contribution >= 4 is 12.0 Å². The predicted octanol–water partition coefficient (Wildman–Crippen LogP) is 5.25. The number of likely N-dealkylation sites (tertiary alicyclic amines) is 1. The van der Waals surface area contributed by atoms with E-state index >= 15 is 0 Å². The SMILES string of the molecule is COC(=O)c1ccc(CN2CCC(N3C(=O)N(C4CCCCC4)CC3c3ccccc3)CC2)cc1. The minimum absolute atomic E-state index is 0.146. The van der Waals surface area contributed by atoms with Crippen LogP contribution in [0, 0.1) is 0 Å². The van der Waals surface area contributed by atoms with E-state index in [4.69, 9.17) is 4.74 Å². The average Bonchev–Trinajstić information content (AvgIpc) is 3.27. The number of piperidine rings is 1. The second-order valence-electron chi connectivity index (χ2n) is 10.3. The number of urea groups is 1. The second kappa shape index (κ2) is 10.8. The first-order chi connectivity index (χ1) is 17.1. The second-order valence-corrected chi connectivity index (χ2v) is 10.3. The summed E-state index contributed by atoms with van der Waals surface area (Å²) in [5.41, 5.74) is 3.03. The minimum Gasteiger partial charge on any atom is -0.465 e. The molecular formula is C29H37N3O3. The first-order valence-corrected chi connectivity index (χ1v) is 13.2. The lowest BCUT2D eigenvalue weighted by Crippen LogP contribution is -2.48. The van der Waals surface area contributed by atoms with Gasteiger partial charge in [-0.3, -0.25) is 4.90 Å². The van der Waals surface area contributed by atoms with Crippen molar-refractivity contribution in [3.05, 3.63) is 71.3 Å². The summed E-state index contributed by atoms with van der Waals surface area (Å²) in [5.74, 6) is -0.303. The van der Waals surface area contributed by atoms with Gasteiger partial charge in [-0.25, -0.2) is 9.59 Å². The summed E-state index contributed by atoms with van der Waals surface area (Å²) in [6, 6.07) is 19.4. The third-order valence-electron chi connectivity index (χ3n) is 8.10. The normalized spacial score (nSPS) is 22.5. The van der Waals surface area contributed by atoms with E-state index in [1.807, 2.05) is 24.3 Å². The lowest BCUT2D eigenvalue weighted by atomic mass is 9.94. The molecule has 2 heterocycles. The standard InChI is InChI=1S/C29H37N3O3/c1-35-28(33)24-14-12-22(13-15-24)20-30-18-16-26(17-19-30)32-27(23-8-4-2-5-9-23)21-31(29(32)34)25-10-6-3-7-11-25/h2,4-5,8-9,12-15,25-27H,3,6-7,10-11,16-21H2,1H3. The van der Waals surface area contributed by atoms with Gasteiger partial charge in [-0.15, -0.1) is 0 Å². The van der Waals surface area contributed by atoms with Crippen LogP contribution in [0.3, 0.4) is 0 Å². The van der Waals surface area contributed by atoms with Crippen molar-refractivity contribution in [3.8, 4) is 0 Å². The Morgan fingerprint density at radius 1 is 0.886 bits per heavy atom. The van der Waals surface area contributed by atoms with E-state index in [9.17, 15) is 9.59 Å². The highest BCUT2D eigenvalue weighted by molar-refractivity contribution is 5.89. The van der Waals surface area contributed by atoms with Gasteiger partial charge in [0.1, 0.15) is 0 Å². The molecule has 0 aromatic heterocycles. The Bertz CT molecular complexity index is 996. The Morgan fingerprint density at radius 3 is 2.23 bits per heavy atom. The van der Waals surface area contributed by atoms with Crippen molar-refractivity contribution < 1.29 is 14.3 Å². The molecule has 5 rings (SSSR count). The molecule has 3 aliphatic rings. The molecular weight excluding hydrogens is 438 g/mol. The summed E-state index contributed by atoms with van der Waals surface area (Å²) in [6.07, 6.45) is 8.06. The molecule has 6 heteroatoms. The molecule has 0 spiro atoms. The highest BCUT2D eigenvalue weighted by Gasteiger charge is 2.45. The van der Waals surface area contributed by atoms with Crippen LogP contribution in [0.5, 0.6) is 0 Å². The van der Waals surface area contributed by atoms with Crippen LogP contribution in [-0.2, 0) is 11.3 Å². The lowest BCUT2D eigenvalue weighted by molar-refractivity contribution is 0.0600. The van der Waals surface area contributed by atoms with Gasteiger partial charge < -0.3 is 14.5 Å². The van der Waals surface area contributed by atoms with Gasteiger partial charge >= 0.3 is 12.0 Å². The summed E-state index contributed by atoms with van der Waals surface area (Å²) < 4.78 is 4.80. The van der Waals surface area contributed by atoms with Gasteiger partial charge in [0, 0.05) is 38.3 Å². The number of rotatable bonds is 6. The fourth-order valence-corrected chi connectivity index (χ4v) is 6.16. The number of hydrogen-bond donors (Lipinski definition) is 0. The smallest absolute Gasteiger partial charge is 0.337 e. The molecule has 2 aromatic carbocycles. The van der Waals surface area contributed by atoms with Crippen LogP contribution in [-0.4, -0.2) is 65.5 Å². The van der Waals surface area contributed by atoms with E-state index in [0.717, 1.165) is 51.9 Å². The summed E-state index contributed by atoms with van der Waals surface area (Å²) in [7, 11) is 1.40. The van der Waals surface area contributed by atoms with Crippen LogP contribution in [0.1, 0.15) is 72.5 Å². The zero-order valence-corrected chi connectivity index (χ0v) is 20.8. The fourth-order valence-electron chi connectivity index (χ4n) is 6.16. The maximum atomic E-state index is 13.8. The van der Waals surface area contributed by atoms with E-state index in [0.29, 0.717) is 11.6 Å². The Balaban J connectivity index is 1.25. The van der Waals surface area contributed by atoms with E-state index in [-0.39, 0.29) is 24.1 Å². The van der Waals surface area contributed by atoms with Crippen molar-refractivity contribution in [2.24, 2.45) is 0 Å². The van der Waals surface area contributed by atoms with Gasteiger partial charge in [0.25, 0.3) is 0 Å². The van der Waals surface area contributed by atoms with Crippen LogP contribution in [0.4, 0.5) is 4.79 Å². The van der Waals surface area contributed by atoms with E-state index < -0.39 is 0 Å². The quantitative estimate of drug-likeness (QED) is 0.536. The zero-order chi connectivity index (χ0) is 24.2. The molecule has 1 atom stereocenters. The lowest BCUT2D eigenvalue weighted by Gasteiger charge is -2.39. The molecule has 1 saturated carbocycles. The predicted molar refractivity (Wildman–Crippen MR) is 136 cm³/mol. The number of nitrogens with zero attached hydrogens (tertiary/aromatic N) is 3. The molecule has 2 aromatic rings. The monoisotopic (exact) mass is 475 g/mol. The van der Waals surface area contributed by atoms with Crippen LogP contribution in [0.25, 0.3) is 0 Å². The molecule has 2 aliphatic heterocycles. The first kappa shape index (κ1) is 23.9. The Labute approximate surface area is 208 Å². The minimum atomic E-state index is -0.303. The number of benzene rings is 2. The van der Waals surface area contributed by atoms with E-state index in [1.54, 1.807) is 0 Å². The molecule has 35 heavy (non-hydrogen) atoms. The molecule has 6 nitrogen and oxygen atoms in total. The topological polar surface area (TPSA) is 53.1 Å². The number of hydrogen-bond acceptors (Lipinski definition) is 4. The highest BCUT2D eigenvalue weighted by Crippen LogP contribution is 2.38. The average molecular weight is 476 g/mol. The van der Waals surface area contributed by atoms with Crippen molar-refractivity contribution in [2.45, 2.75) is 69.6 Å². The van der Waals surface area contributed by atoms with Crippen LogP contribution >= 0.6 is 0 Å². The van der Waals surface area contributed by atoms with E-state index in [2.05, 4.69) is 45.0 Å². The van der Waals surface area contributed by atoms with Crippen molar-refractivity contribution in [2.75, 3.05) is 26.7 Å². The van der Waals surface area contributed by atoms with Gasteiger partial charge in [0.15, 0.2) is 0 Å². The molecule has 3 fully saturated rings. The summed E-state index contributed by atoms with van der Waals surface area (Å²) in [4.78, 5) is 32.3. The van der Waals surface area contributed by atoms with E-state index in [1.165, 1.54) is 37.5 Å². The number of amides is 2. The maximum Gasteiger partial charge on any atom is 0.337 e. The first-order valence-electron chi connectivity index (χ1n) is 13.2. The largest absolute Gasteiger partial charge is 0.465 e.